The fraction of sp³-hybridized carbons (Fsp3) is 0.477. The number of sulfone groups is 1. The zero-order chi connectivity index (χ0) is 104. The number of halogens is 6. The smallest absolute Gasteiger partial charge is 0.411 e. The van der Waals surface area contributed by atoms with Crippen LogP contribution < -0.4 is 4.74 Å². The Morgan fingerprint density at radius 3 is 0.727 bits per heavy atom. The largest absolute Gasteiger partial charge is 0.457 e. The van der Waals surface area contributed by atoms with Crippen molar-refractivity contribution in [1.29, 1.82) is 0 Å². The molecular weight excluding hydrogens is 1750 g/mol. The molecule has 0 amide bonds. The number of alkyl halides is 6. The minimum atomic E-state index is -5.55. The van der Waals surface area contributed by atoms with Gasteiger partial charge in [-0.3, -0.25) is 4.79 Å². The summed E-state index contributed by atoms with van der Waals surface area (Å²) >= 11 is 0. The third-order valence-corrected chi connectivity index (χ3v) is 34.9. The average molecular weight is 1920 g/mol. The fourth-order valence-electron chi connectivity index (χ4n) is 19.3. The Morgan fingerprint density at radius 1 is 0.245 bits per heavy atom. The normalized spacial score (nSPS) is 21.0. The Labute approximate surface area is 838 Å². The van der Waals surface area contributed by atoms with Crippen LogP contribution >= 0.6 is 0 Å². The number of hydrogen-bond acceptors (Lipinski definition) is 4. The quantitative estimate of drug-likeness (QED) is 0.101. The minimum Gasteiger partial charge on any atom is -0.457 e. The Kier molecular flexibility index (Phi) is 42.6. The van der Waals surface area contributed by atoms with Crippen LogP contribution in [0.25, 0.3) is 11.1 Å². The summed E-state index contributed by atoms with van der Waals surface area (Å²) in [6.45, 7) is 76.8. The lowest BCUT2D eigenvalue weighted by atomic mass is 9.60. The number of aryl methyl sites for hydroxylation is 24. The van der Waals surface area contributed by atoms with Crippen molar-refractivity contribution in [2.75, 3.05) is 0 Å². The van der Waals surface area contributed by atoms with E-state index in [1.54, 1.807) is 38.1 Å². The number of hydrogen-bond donors (Lipinski definition) is 0. The summed E-state index contributed by atoms with van der Waals surface area (Å²) in [6.07, 6.45) is 0.876. The highest BCUT2D eigenvalue weighted by atomic mass is 32.2. The van der Waals surface area contributed by atoms with Gasteiger partial charge in [0.05, 0.1) is 9.79 Å². The van der Waals surface area contributed by atoms with Crippen LogP contribution in [0.5, 0.6) is 11.5 Å². The van der Waals surface area contributed by atoms with Gasteiger partial charge in [0.25, 0.3) is 0 Å². The second kappa shape index (κ2) is 50.9. The van der Waals surface area contributed by atoms with Gasteiger partial charge in [-0.15, -0.1) is 0 Å². The monoisotopic (exact) mass is 1920 g/mol. The summed E-state index contributed by atoms with van der Waals surface area (Å²) in [6, 6.07) is 58.8. The third-order valence-electron chi connectivity index (χ3n) is 33.2. The van der Waals surface area contributed by atoms with Crippen molar-refractivity contribution in [3.63, 3.8) is 0 Å². The molecule has 0 aliphatic heterocycles. The lowest BCUT2D eigenvalue weighted by molar-refractivity contribution is -0.288. The van der Waals surface area contributed by atoms with Gasteiger partial charge in [-0.2, -0.15) is 26.3 Å². The van der Waals surface area contributed by atoms with Crippen molar-refractivity contribution in [2.45, 2.75) is 328 Å². The first-order chi connectivity index (χ1) is 64.7. The number of carbonyl (C=O) groups excluding carboxylic acids is 1. The lowest BCUT2D eigenvalue weighted by Gasteiger charge is -2.45. The van der Waals surface area contributed by atoms with Gasteiger partial charge in [0.15, 0.2) is 5.78 Å². The molecule has 11 aromatic rings. The van der Waals surface area contributed by atoms with Gasteiger partial charge in [-0.05, 0) is 504 Å². The first kappa shape index (κ1) is 116. The molecule has 0 bridgehead atoms. The second-order valence-corrected chi connectivity index (χ2v) is 45.3. The highest BCUT2D eigenvalue weighted by Gasteiger charge is 2.72. The molecule has 0 aromatic heterocycles. The Morgan fingerprint density at radius 2 is 0.475 bits per heavy atom. The van der Waals surface area contributed by atoms with E-state index in [0.717, 1.165) is 163 Å². The summed E-state index contributed by atoms with van der Waals surface area (Å²) < 4.78 is 115. The summed E-state index contributed by atoms with van der Waals surface area (Å²) in [5, 5.41) is 0. The lowest BCUT2D eigenvalue weighted by Crippen LogP contribution is -2.54. The van der Waals surface area contributed by atoms with Gasteiger partial charge in [0, 0.05) is 11.1 Å². The predicted octanol–water partition coefficient (Wildman–Crippen LogP) is 37.5. The predicted molar refractivity (Wildman–Crippen MR) is 579 cm³/mol. The third kappa shape index (κ3) is 31.2. The molecular formula is C128H170F6O4S. The molecule has 11 heteroatoms. The summed E-state index contributed by atoms with van der Waals surface area (Å²) in [4.78, 5) is 13.1. The number of carbonyl (C=O) groups is 1. The van der Waals surface area contributed by atoms with E-state index >= 15 is 0 Å². The highest BCUT2D eigenvalue weighted by molar-refractivity contribution is 7.91. The SMILES string of the molecule is CC1C(C)C(C)C1C.CC1CC(C)C(C)CC1C.CC1CCC(C2CCC(C)C(C)C2)CC1C.Cc1cc(C)c(C)cc1C.Cc1ccc(-c2ccc(C)c(C)c2)cc1C.Cc1ccc(C(=O)c2ccc(C)c(C)c2)cc1C.Cc1ccc(C(c2ccc(C)c(C)c2)(C(F)(F)F)C(F)(F)F)cc1C.Cc1ccc(Oc2ccc(C)c(C)c2)cc1C.Cc1ccc(S(=O)(=O)c2ccc(C)c(C)c2)cc1C. The van der Waals surface area contributed by atoms with E-state index in [2.05, 4.69) is 253 Å². The Bertz CT molecular complexity index is 5630. The number of ketones is 1. The molecule has 10 unspecified atom stereocenters. The van der Waals surface area contributed by atoms with Gasteiger partial charge >= 0.3 is 12.4 Å². The van der Waals surface area contributed by atoms with E-state index in [4.69, 9.17) is 4.74 Å². The molecule has 4 aliphatic rings. The number of benzene rings is 11. The maximum absolute atomic E-state index is 14.0. The van der Waals surface area contributed by atoms with Crippen LogP contribution in [0.15, 0.2) is 204 Å². The topological polar surface area (TPSA) is 60.4 Å². The van der Waals surface area contributed by atoms with Crippen molar-refractivity contribution in [2.24, 2.45) is 82.9 Å². The van der Waals surface area contributed by atoms with E-state index in [-0.39, 0.29) is 5.78 Å². The van der Waals surface area contributed by atoms with E-state index in [0.29, 0.717) is 32.0 Å². The number of rotatable bonds is 10. The zero-order valence-corrected chi connectivity index (χ0v) is 92.3. The first-order valence-electron chi connectivity index (χ1n) is 51.1. The molecule has 0 saturated heterocycles. The minimum absolute atomic E-state index is 0.0983. The molecule has 4 fully saturated rings. The standard InChI is InChI=1S/C19H18F6.C17H18O.C16H18O2S.C16H18O.C16H30.C16H18.C10H20.C10H14.C8H16/c1-11-5-7-15(9-13(11)3)17(18(20,21)22,19(23,24)25)16-8-6-12(2)14(4)10-16;1-11-5-7-15(9-13(11)3)17(18)16-8-6-12(2)14(4)10-16;1-11-5-7-15(9-13(11)3)19(17,18)16-8-6-12(2)14(4)10-16;1-11-5-7-15(9-13(11)3)17-16-8-6-12(2)14(4)10-16;2*1-11-5-7-15(9-13(11)3)16-8-6-12(2)14(4)10-16;2*1-7-5-9(3)10(4)6-8(7)2;1-5-6(2)8(4)7(5)3/h5-10H,1-4H3;5-10H,1-4H3;5-10H,1-4H3;5-10H,1-4H3;11-16H,5-10H2,1-4H3;5-10H,1-4H3;7-10H,5-6H2,1-4H3;5-6H,1-4H3;5-8H,1-4H3. The van der Waals surface area contributed by atoms with Crippen molar-refractivity contribution >= 4 is 15.6 Å². The van der Waals surface area contributed by atoms with Gasteiger partial charge in [0.2, 0.25) is 15.3 Å². The van der Waals surface area contributed by atoms with Gasteiger partial charge < -0.3 is 4.74 Å². The maximum atomic E-state index is 14.0. The van der Waals surface area contributed by atoms with Crippen molar-refractivity contribution in [3.8, 4) is 22.6 Å². The zero-order valence-electron chi connectivity index (χ0n) is 91.5. The van der Waals surface area contributed by atoms with Crippen LogP contribution in [0.3, 0.4) is 0 Å². The average Bonchev–Trinajstić information content (AvgIpc) is 0.711. The number of ether oxygens (including phenoxy) is 1. The summed E-state index contributed by atoms with van der Waals surface area (Å²) in [7, 11) is -3.42. The van der Waals surface area contributed by atoms with Crippen LogP contribution in [0, 0.1) is 249 Å². The molecule has 0 spiro atoms. The van der Waals surface area contributed by atoms with E-state index in [1.165, 1.54) is 166 Å². The maximum Gasteiger partial charge on any atom is 0.411 e. The summed E-state index contributed by atoms with van der Waals surface area (Å²) in [5.74, 6) is 15.7. The fourth-order valence-corrected chi connectivity index (χ4v) is 20.7. The molecule has 4 aliphatic carbocycles. The molecule has 139 heavy (non-hydrogen) atoms. The Balaban J connectivity index is 0.000000216. The van der Waals surface area contributed by atoms with E-state index in [9.17, 15) is 39.6 Å². The molecule has 11 aromatic carbocycles. The van der Waals surface area contributed by atoms with E-state index in [1.807, 2.05) is 102 Å². The van der Waals surface area contributed by atoms with Crippen LogP contribution in [-0.2, 0) is 15.3 Å². The molecule has 754 valence electrons. The molecule has 4 saturated carbocycles. The van der Waals surface area contributed by atoms with Crippen molar-refractivity contribution in [1.82, 2.24) is 0 Å². The molecule has 0 heterocycles. The van der Waals surface area contributed by atoms with Crippen LogP contribution in [0.2, 0.25) is 0 Å². The first-order valence-corrected chi connectivity index (χ1v) is 52.6. The molecule has 0 radical (unpaired) electrons. The second-order valence-electron chi connectivity index (χ2n) is 43.4. The van der Waals surface area contributed by atoms with E-state index < -0.39 is 38.7 Å². The van der Waals surface area contributed by atoms with Crippen LogP contribution in [0.4, 0.5) is 26.3 Å². The molecule has 4 nitrogen and oxygen atoms in total. The van der Waals surface area contributed by atoms with Gasteiger partial charge in [0.1, 0.15) is 11.5 Å². The highest BCUT2D eigenvalue weighted by Crippen LogP contribution is 2.57. The van der Waals surface area contributed by atoms with Gasteiger partial charge in [-0.1, -0.05) is 229 Å². The van der Waals surface area contributed by atoms with Crippen molar-refractivity contribution < 1.29 is 44.3 Å². The van der Waals surface area contributed by atoms with Crippen molar-refractivity contribution in [3.05, 3.63) is 350 Å². The van der Waals surface area contributed by atoms with Gasteiger partial charge in [-0.25, -0.2) is 8.42 Å². The van der Waals surface area contributed by atoms with Crippen LogP contribution in [-0.4, -0.2) is 26.6 Å². The molecule has 10 atom stereocenters. The molecule has 0 N–H and O–H groups in total. The molecule has 15 rings (SSSR count). The summed E-state index contributed by atoms with van der Waals surface area (Å²) in [5.41, 5.74) is 25.4. The Hall–Kier alpha value is -9.58. The van der Waals surface area contributed by atoms with Crippen LogP contribution in [0.1, 0.15) is 295 Å².